The maximum atomic E-state index is 12.2. The van der Waals surface area contributed by atoms with E-state index in [4.69, 9.17) is 0 Å². The maximum Gasteiger partial charge on any atom is 0.239 e. The number of benzene rings is 1. The highest BCUT2D eigenvalue weighted by Crippen LogP contribution is 2.14. The highest BCUT2D eigenvalue weighted by molar-refractivity contribution is 5.83. The number of aromatic nitrogens is 4. The number of amides is 1. The molecule has 120 valence electrons. The number of para-hydroxylation sites is 1. The van der Waals surface area contributed by atoms with Crippen molar-refractivity contribution >= 4 is 22.5 Å². The minimum absolute atomic E-state index is 0.00910. The molecule has 1 N–H and O–H groups in total. The number of rotatable bonds is 5. The summed E-state index contributed by atoms with van der Waals surface area (Å²) >= 11 is 0. The number of carbonyl (C=O) groups is 1. The Hall–Kier alpha value is -3.15. The van der Waals surface area contributed by atoms with Gasteiger partial charge in [0.25, 0.3) is 0 Å². The van der Waals surface area contributed by atoms with Gasteiger partial charge in [0, 0.05) is 30.9 Å². The first-order valence-corrected chi connectivity index (χ1v) is 7.90. The van der Waals surface area contributed by atoms with Gasteiger partial charge in [-0.3, -0.25) is 9.20 Å². The highest BCUT2D eigenvalue weighted by atomic mass is 16.1. The molecule has 6 nitrogen and oxygen atoms in total. The van der Waals surface area contributed by atoms with Crippen molar-refractivity contribution in [1.82, 2.24) is 24.5 Å². The molecule has 4 aromatic rings. The Morgan fingerprint density at radius 1 is 1.00 bits per heavy atom. The summed E-state index contributed by atoms with van der Waals surface area (Å²) < 4.78 is 3.89. The van der Waals surface area contributed by atoms with E-state index in [9.17, 15) is 4.79 Å². The van der Waals surface area contributed by atoms with Crippen LogP contribution < -0.4 is 5.32 Å². The second kappa shape index (κ2) is 6.16. The van der Waals surface area contributed by atoms with Crippen molar-refractivity contribution in [1.29, 1.82) is 0 Å². The maximum absolute atomic E-state index is 12.2. The van der Waals surface area contributed by atoms with E-state index >= 15 is 0 Å². The Labute approximate surface area is 138 Å². The van der Waals surface area contributed by atoms with E-state index in [0.29, 0.717) is 19.5 Å². The lowest BCUT2D eigenvalue weighted by atomic mass is 10.2. The molecule has 0 saturated carbocycles. The lowest BCUT2D eigenvalue weighted by Crippen LogP contribution is -2.29. The van der Waals surface area contributed by atoms with Gasteiger partial charge in [-0.25, -0.2) is 0 Å². The fraction of sp³-hybridized carbons (Fsp3) is 0.167. The van der Waals surface area contributed by atoms with Gasteiger partial charge < -0.3 is 9.88 Å². The third-order valence-corrected chi connectivity index (χ3v) is 4.05. The Bertz CT molecular complexity index is 1000. The van der Waals surface area contributed by atoms with Gasteiger partial charge in [0.1, 0.15) is 12.4 Å². The molecular formula is C18H17N5O. The van der Waals surface area contributed by atoms with Crippen molar-refractivity contribution in [2.75, 3.05) is 6.54 Å². The van der Waals surface area contributed by atoms with Gasteiger partial charge in [0.2, 0.25) is 5.91 Å². The molecule has 3 heterocycles. The predicted molar refractivity (Wildman–Crippen MR) is 91.6 cm³/mol. The summed E-state index contributed by atoms with van der Waals surface area (Å²) in [5.74, 6) is 0.836. The molecule has 0 saturated heterocycles. The molecule has 0 fully saturated rings. The number of carbonyl (C=O) groups excluding carboxylic acids is 1. The first-order chi connectivity index (χ1) is 11.8. The van der Waals surface area contributed by atoms with Crippen molar-refractivity contribution in [3.63, 3.8) is 0 Å². The molecule has 0 aliphatic rings. The largest absolute Gasteiger partial charge is 0.354 e. The van der Waals surface area contributed by atoms with Crippen molar-refractivity contribution in [2.24, 2.45) is 0 Å². The molecule has 0 unspecified atom stereocenters. The second-order valence-electron chi connectivity index (χ2n) is 5.65. The third-order valence-electron chi connectivity index (χ3n) is 4.05. The molecule has 3 aromatic heterocycles. The number of nitrogens with zero attached hydrogens (tertiary/aromatic N) is 4. The van der Waals surface area contributed by atoms with Crippen LogP contribution in [0.1, 0.15) is 5.82 Å². The standard InChI is InChI=1S/C18H17N5O/c24-18(13-22-12-9-14-5-1-2-6-15(14)22)19-10-8-17-21-20-16-7-3-4-11-23(16)17/h1-7,9,11-12H,8,10,13H2,(H,19,24). The SMILES string of the molecule is O=C(Cn1ccc2ccccc21)NCCc1nnc2ccccn12. The van der Waals surface area contributed by atoms with Crippen LogP contribution in [0.2, 0.25) is 0 Å². The lowest BCUT2D eigenvalue weighted by Gasteiger charge is -2.07. The van der Waals surface area contributed by atoms with Crippen molar-refractivity contribution in [3.05, 3.63) is 66.7 Å². The predicted octanol–water partition coefficient (Wildman–Crippen LogP) is 2.04. The summed E-state index contributed by atoms with van der Waals surface area (Å²) in [4.78, 5) is 12.2. The second-order valence-corrected chi connectivity index (χ2v) is 5.65. The van der Waals surface area contributed by atoms with E-state index in [1.54, 1.807) is 0 Å². The van der Waals surface area contributed by atoms with Gasteiger partial charge in [0.05, 0.1) is 0 Å². The van der Waals surface area contributed by atoms with Crippen LogP contribution in [0, 0.1) is 0 Å². The molecule has 0 aliphatic heterocycles. The van der Waals surface area contributed by atoms with Crippen LogP contribution in [-0.4, -0.2) is 31.6 Å². The van der Waals surface area contributed by atoms with Gasteiger partial charge in [-0.2, -0.15) is 0 Å². The molecule has 0 radical (unpaired) electrons. The normalized spacial score (nSPS) is 11.2. The topological polar surface area (TPSA) is 64.2 Å². The average Bonchev–Trinajstić information content (AvgIpc) is 3.20. The summed E-state index contributed by atoms with van der Waals surface area (Å²) in [6, 6.07) is 15.8. The number of hydrogen-bond acceptors (Lipinski definition) is 3. The van der Waals surface area contributed by atoms with Gasteiger partial charge >= 0.3 is 0 Å². The zero-order valence-corrected chi connectivity index (χ0v) is 13.1. The molecule has 0 aliphatic carbocycles. The molecule has 0 spiro atoms. The summed E-state index contributed by atoms with van der Waals surface area (Å²) in [5.41, 5.74) is 1.88. The number of pyridine rings is 1. The van der Waals surface area contributed by atoms with Crippen LogP contribution in [0.5, 0.6) is 0 Å². The van der Waals surface area contributed by atoms with Crippen LogP contribution in [0.25, 0.3) is 16.6 Å². The van der Waals surface area contributed by atoms with Gasteiger partial charge in [-0.05, 0) is 29.7 Å². The Morgan fingerprint density at radius 2 is 1.88 bits per heavy atom. The molecule has 1 aromatic carbocycles. The van der Waals surface area contributed by atoms with E-state index < -0.39 is 0 Å². The molecule has 1 amide bonds. The minimum atomic E-state index is -0.00910. The fourth-order valence-electron chi connectivity index (χ4n) is 2.86. The van der Waals surface area contributed by atoms with Crippen LogP contribution in [0.4, 0.5) is 0 Å². The van der Waals surface area contributed by atoms with E-state index in [1.165, 1.54) is 0 Å². The molecule has 6 heteroatoms. The van der Waals surface area contributed by atoms with Crippen molar-refractivity contribution in [2.45, 2.75) is 13.0 Å². The minimum Gasteiger partial charge on any atom is -0.354 e. The fourth-order valence-corrected chi connectivity index (χ4v) is 2.86. The first-order valence-electron chi connectivity index (χ1n) is 7.90. The number of fused-ring (bicyclic) bond motifs is 2. The van der Waals surface area contributed by atoms with Crippen LogP contribution >= 0.6 is 0 Å². The van der Waals surface area contributed by atoms with Crippen LogP contribution in [0.15, 0.2) is 60.9 Å². The zero-order valence-electron chi connectivity index (χ0n) is 13.1. The van der Waals surface area contributed by atoms with Gasteiger partial charge in [-0.15, -0.1) is 10.2 Å². The number of nitrogens with one attached hydrogen (secondary N) is 1. The molecular weight excluding hydrogens is 302 g/mol. The zero-order chi connectivity index (χ0) is 16.4. The van der Waals surface area contributed by atoms with Gasteiger partial charge in [0.15, 0.2) is 5.65 Å². The Kier molecular flexibility index (Phi) is 3.70. The van der Waals surface area contributed by atoms with Crippen LogP contribution in [-0.2, 0) is 17.8 Å². The van der Waals surface area contributed by atoms with Crippen molar-refractivity contribution in [3.8, 4) is 0 Å². The van der Waals surface area contributed by atoms with E-state index in [-0.39, 0.29) is 5.91 Å². The van der Waals surface area contributed by atoms with E-state index in [1.807, 2.05) is 69.9 Å². The van der Waals surface area contributed by atoms with E-state index in [0.717, 1.165) is 22.4 Å². The smallest absolute Gasteiger partial charge is 0.239 e. The molecule has 24 heavy (non-hydrogen) atoms. The van der Waals surface area contributed by atoms with Crippen LogP contribution in [0.3, 0.4) is 0 Å². The highest BCUT2D eigenvalue weighted by Gasteiger charge is 2.07. The first kappa shape index (κ1) is 14.4. The summed E-state index contributed by atoms with van der Waals surface area (Å²) in [6.07, 6.45) is 4.51. The monoisotopic (exact) mass is 319 g/mol. The average molecular weight is 319 g/mol. The Balaban J connectivity index is 1.37. The van der Waals surface area contributed by atoms with Gasteiger partial charge in [-0.1, -0.05) is 24.3 Å². The summed E-state index contributed by atoms with van der Waals surface area (Å²) in [7, 11) is 0. The van der Waals surface area contributed by atoms with Crippen molar-refractivity contribution < 1.29 is 4.79 Å². The lowest BCUT2D eigenvalue weighted by molar-refractivity contribution is -0.121. The van der Waals surface area contributed by atoms with E-state index in [2.05, 4.69) is 15.5 Å². The third kappa shape index (κ3) is 2.74. The summed E-state index contributed by atoms with van der Waals surface area (Å²) in [6.45, 7) is 0.849. The molecule has 0 atom stereocenters. The summed E-state index contributed by atoms with van der Waals surface area (Å²) in [5, 5.41) is 12.4. The quantitative estimate of drug-likeness (QED) is 0.612. The molecule has 4 rings (SSSR count). The number of hydrogen-bond donors (Lipinski definition) is 1. The Morgan fingerprint density at radius 3 is 2.83 bits per heavy atom. The molecule has 0 bridgehead atoms.